The summed E-state index contributed by atoms with van der Waals surface area (Å²) in [5.41, 5.74) is -2.84. The molecule has 20 heteroatoms. The summed E-state index contributed by atoms with van der Waals surface area (Å²) in [6, 6.07) is 0. The molecule has 3 rings (SSSR count). The monoisotopic (exact) mass is 900 g/mol. The van der Waals surface area contributed by atoms with Crippen LogP contribution in [0, 0.1) is 0 Å². The highest BCUT2D eigenvalue weighted by Gasteiger charge is 2.73. The van der Waals surface area contributed by atoms with E-state index in [2.05, 4.69) is 6.92 Å². The smallest absolute Gasteiger partial charge is 0.356 e. The van der Waals surface area contributed by atoms with Crippen molar-refractivity contribution in [3.8, 4) is 0 Å². The van der Waals surface area contributed by atoms with Gasteiger partial charge in [-0.2, -0.15) is 0 Å². The first kappa shape index (κ1) is 54.6. The largest absolute Gasteiger partial charge is 0.463 e. The van der Waals surface area contributed by atoms with E-state index in [4.69, 9.17) is 33.2 Å². The minimum atomic E-state index is -3.16. The lowest BCUT2D eigenvalue weighted by atomic mass is 9.77. The molecule has 364 valence electrons. The lowest BCUT2D eigenvalue weighted by molar-refractivity contribution is -0.440. The van der Waals surface area contributed by atoms with Gasteiger partial charge in [0.25, 0.3) is 11.4 Å². The van der Waals surface area contributed by atoms with E-state index >= 15 is 0 Å². The molecule has 0 spiro atoms. The van der Waals surface area contributed by atoms with E-state index in [0.717, 1.165) is 25.7 Å². The van der Waals surface area contributed by atoms with E-state index in [-0.39, 0.29) is 19.4 Å². The molecule has 3 unspecified atom stereocenters. The fourth-order valence-corrected chi connectivity index (χ4v) is 8.36. The van der Waals surface area contributed by atoms with Crippen molar-refractivity contribution in [1.82, 2.24) is 0 Å². The Morgan fingerprint density at radius 3 is 1.63 bits per heavy atom. The van der Waals surface area contributed by atoms with Gasteiger partial charge in [0.05, 0.1) is 26.4 Å². The molecule has 3 aliphatic rings. The topological polar surface area (TPSA) is 321 Å². The zero-order chi connectivity index (χ0) is 46.0. The van der Waals surface area contributed by atoms with Crippen LogP contribution in [0.15, 0.2) is 0 Å². The van der Waals surface area contributed by atoms with Crippen molar-refractivity contribution in [2.45, 2.75) is 227 Å². The molecule has 0 aromatic rings. The van der Waals surface area contributed by atoms with Gasteiger partial charge in [0.15, 0.2) is 12.6 Å². The number of carbonyl (C=O) groups is 2. The average molecular weight is 901 g/mol. The minimum Gasteiger partial charge on any atom is -0.463 e. The van der Waals surface area contributed by atoms with Crippen molar-refractivity contribution in [3.05, 3.63) is 0 Å². The number of unbranched alkanes of at least 4 members (excludes halogenated alkanes) is 13. The number of rotatable bonds is 28. The summed E-state index contributed by atoms with van der Waals surface area (Å²) < 4.78 is 40.3. The molecule has 0 saturated carbocycles. The predicted molar refractivity (Wildman–Crippen MR) is 215 cm³/mol. The zero-order valence-corrected chi connectivity index (χ0v) is 36.5. The molecular weight excluding hydrogens is 824 g/mol. The van der Waals surface area contributed by atoms with E-state index in [1.54, 1.807) is 6.92 Å². The van der Waals surface area contributed by atoms with Crippen molar-refractivity contribution in [2.75, 3.05) is 26.4 Å². The third-order valence-electron chi connectivity index (χ3n) is 12.0. The fraction of sp³-hybridized carbons (Fsp3) is 0.952. The Balaban J connectivity index is 1.93. The summed E-state index contributed by atoms with van der Waals surface area (Å²) in [7, 11) is 0. The van der Waals surface area contributed by atoms with Crippen molar-refractivity contribution in [3.63, 3.8) is 0 Å². The Labute approximate surface area is 364 Å². The van der Waals surface area contributed by atoms with E-state index < -0.39 is 135 Å². The highest BCUT2D eigenvalue weighted by atomic mass is 16.8. The number of aliphatic hydroxyl groups is 11. The van der Waals surface area contributed by atoms with Gasteiger partial charge in [-0.3, -0.25) is 4.79 Å². The number of carbonyl (C=O) groups excluding carboxylic acids is 2. The molecule has 0 aromatic carbocycles. The average Bonchev–Trinajstić information content (AvgIpc) is 3.26. The second kappa shape index (κ2) is 27.1. The van der Waals surface area contributed by atoms with Gasteiger partial charge in [0.2, 0.25) is 0 Å². The third kappa shape index (κ3) is 13.4. The van der Waals surface area contributed by atoms with Gasteiger partial charge in [0, 0.05) is 12.8 Å². The number of ether oxygens (including phenoxy) is 7. The molecule has 0 radical (unpaired) electrons. The molecule has 62 heavy (non-hydrogen) atoms. The van der Waals surface area contributed by atoms with Crippen LogP contribution in [0.4, 0.5) is 0 Å². The molecule has 0 bridgehead atoms. The van der Waals surface area contributed by atoms with Crippen LogP contribution in [0.5, 0.6) is 0 Å². The van der Waals surface area contributed by atoms with Crippen molar-refractivity contribution in [1.29, 1.82) is 0 Å². The highest BCUT2D eigenvalue weighted by Crippen LogP contribution is 2.47. The maximum atomic E-state index is 14.4. The Bertz CT molecular complexity index is 1270. The first-order valence-corrected chi connectivity index (χ1v) is 22.6. The van der Waals surface area contributed by atoms with E-state index in [0.29, 0.717) is 19.3 Å². The lowest BCUT2D eigenvalue weighted by Crippen LogP contribution is -2.79. The Morgan fingerprint density at radius 1 is 0.581 bits per heavy atom. The summed E-state index contributed by atoms with van der Waals surface area (Å²) in [5, 5.41) is 119. The Kier molecular flexibility index (Phi) is 23.8. The van der Waals surface area contributed by atoms with E-state index in [9.17, 15) is 65.8 Å². The third-order valence-corrected chi connectivity index (χ3v) is 12.0. The number of aliphatic hydroxyl groups excluding tert-OH is 11. The quantitative estimate of drug-likeness (QED) is 0.0342. The molecule has 0 amide bonds. The predicted octanol–water partition coefficient (Wildman–Crippen LogP) is -0.686. The van der Waals surface area contributed by atoms with Gasteiger partial charge in [-0.25, -0.2) is 4.79 Å². The number of hydrogen-bond donors (Lipinski definition) is 11. The summed E-state index contributed by atoms with van der Waals surface area (Å²) in [5.74, 6) is -5.43. The minimum absolute atomic E-state index is 0.0680. The fourth-order valence-electron chi connectivity index (χ4n) is 8.36. The van der Waals surface area contributed by atoms with Gasteiger partial charge < -0.3 is 89.3 Å². The SMILES string of the molecule is CCCCCCCCCCCCCCCC(=O)OC(CCCC)(C(=O)OCC)C1(O[C@H]2[C@H](O)[C@@H](O)C(O[C@H]3[C@H](O)[C@@H](O)[C@@H](O)O[C@@H]3CO)O[C@@H]2CO)O[C@H](CO)[C@@H](O)[C@H](O)[C@H]1O. The van der Waals surface area contributed by atoms with Crippen molar-refractivity contribution >= 4 is 11.9 Å². The van der Waals surface area contributed by atoms with Crippen LogP contribution >= 0.6 is 0 Å². The molecule has 11 N–H and O–H groups in total. The standard InChI is InChI=1S/C42H76O20/c1-4-7-9-10-11-12-13-14-15-16-17-18-19-20-28(46)61-41(21-8-5-2,40(55)56-6-3)42(37(53)32(50)29(47)25(22-43)60-42)62-36-27(24-45)58-39(34(52)31(36)49)59-35-26(23-44)57-38(54)33(51)30(35)48/h25-27,29-39,43-45,47-54H,4-24H2,1-3H3/t25-,26-,27-,29-,30-,31-,32+,33-,34-,35-,36-,37-,38+,39?,41?,42?/m1/s1. The second-order valence-electron chi connectivity index (χ2n) is 16.7. The van der Waals surface area contributed by atoms with E-state index in [1.807, 2.05) is 0 Å². The van der Waals surface area contributed by atoms with Crippen LogP contribution in [-0.4, -0.2) is 192 Å². The Hall–Kier alpha value is -1.70. The molecule has 16 atom stereocenters. The van der Waals surface area contributed by atoms with Crippen LogP contribution in [0.1, 0.15) is 130 Å². The second-order valence-corrected chi connectivity index (χ2v) is 16.7. The molecule has 3 saturated heterocycles. The normalized spacial score (nSPS) is 36.2. The van der Waals surface area contributed by atoms with Crippen LogP contribution in [-0.2, 0) is 42.7 Å². The van der Waals surface area contributed by atoms with Crippen molar-refractivity contribution in [2.24, 2.45) is 0 Å². The van der Waals surface area contributed by atoms with Gasteiger partial charge in [-0.05, 0) is 19.8 Å². The van der Waals surface area contributed by atoms with Gasteiger partial charge >= 0.3 is 11.9 Å². The van der Waals surface area contributed by atoms with E-state index in [1.165, 1.54) is 51.9 Å². The number of hydrogen-bond acceptors (Lipinski definition) is 20. The summed E-state index contributed by atoms with van der Waals surface area (Å²) in [6.07, 6.45) is -14.4. The summed E-state index contributed by atoms with van der Waals surface area (Å²) in [6.45, 7) is 2.14. The molecule has 0 aliphatic carbocycles. The number of esters is 2. The molecular formula is C42H76O20. The zero-order valence-electron chi connectivity index (χ0n) is 36.5. The van der Waals surface area contributed by atoms with Gasteiger partial charge in [-0.1, -0.05) is 97.3 Å². The van der Waals surface area contributed by atoms with Crippen LogP contribution in [0.3, 0.4) is 0 Å². The lowest BCUT2D eigenvalue weighted by Gasteiger charge is -2.57. The summed E-state index contributed by atoms with van der Waals surface area (Å²) >= 11 is 0. The van der Waals surface area contributed by atoms with Crippen LogP contribution < -0.4 is 0 Å². The first-order valence-electron chi connectivity index (χ1n) is 22.6. The van der Waals surface area contributed by atoms with Crippen molar-refractivity contribution < 1.29 is 98.9 Å². The first-order chi connectivity index (χ1) is 29.6. The van der Waals surface area contributed by atoms with Gasteiger partial charge in [0.1, 0.15) is 73.2 Å². The molecule has 3 fully saturated rings. The Morgan fingerprint density at radius 2 is 1.10 bits per heavy atom. The van der Waals surface area contributed by atoms with Gasteiger partial charge in [-0.15, -0.1) is 0 Å². The molecule has 20 nitrogen and oxygen atoms in total. The highest BCUT2D eigenvalue weighted by molar-refractivity contribution is 5.85. The molecule has 3 heterocycles. The maximum Gasteiger partial charge on any atom is 0.356 e. The van der Waals surface area contributed by atoms with Crippen LogP contribution in [0.2, 0.25) is 0 Å². The summed E-state index contributed by atoms with van der Waals surface area (Å²) in [4.78, 5) is 28.3. The maximum absolute atomic E-state index is 14.4. The molecule has 3 aliphatic heterocycles. The molecule has 0 aromatic heterocycles. The van der Waals surface area contributed by atoms with Crippen LogP contribution in [0.25, 0.3) is 0 Å².